The van der Waals surface area contributed by atoms with Gasteiger partial charge in [0.05, 0.1) is 29.3 Å². The Balaban J connectivity index is 1.35. The summed E-state index contributed by atoms with van der Waals surface area (Å²) in [6, 6.07) is 18.7. The second kappa shape index (κ2) is 8.72. The number of fused-ring (bicyclic) bond motifs is 1. The van der Waals surface area contributed by atoms with Crippen LogP contribution in [0, 0.1) is 11.3 Å². The van der Waals surface area contributed by atoms with Gasteiger partial charge in [-0.05, 0) is 100 Å². The molecule has 3 N–H and O–H groups in total. The lowest BCUT2D eigenvalue weighted by Gasteiger charge is -2.23. The number of nitrogens with one attached hydrogen (secondary N) is 1. The maximum Gasteiger partial charge on any atom is 0.129 e. The van der Waals surface area contributed by atoms with Gasteiger partial charge in [0.25, 0.3) is 0 Å². The molecule has 1 heterocycles. The normalized spacial score (nSPS) is 21.8. The molecule has 1 saturated carbocycles. The van der Waals surface area contributed by atoms with Crippen LogP contribution >= 0.6 is 0 Å². The summed E-state index contributed by atoms with van der Waals surface area (Å²) in [5.74, 6) is 2.22. The first kappa shape index (κ1) is 22.3. The summed E-state index contributed by atoms with van der Waals surface area (Å²) in [6.07, 6.45) is 5.11. The second-order valence-corrected chi connectivity index (χ2v) is 10.6. The molecular formula is C28H33N5O. The molecular weight excluding hydrogens is 422 g/mol. The minimum atomic E-state index is -0.162. The van der Waals surface area contributed by atoms with Crippen molar-refractivity contribution in [2.45, 2.75) is 76.4 Å². The molecule has 2 aromatic carbocycles. The van der Waals surface area contributed by atoms with E-state index in [1.165, 1.54) is 5.56 Å². The van der Waals surface area contributed by atoms with Crippen molar-refractivity contribution in [2.75, 3.05) is 11.1 Å². The van der Waals surface area contributed by atoms with Crippen molar-refractivity contribution < 1.29 is 4.74 Å². The maximum atomic E-state index is 9.50. The van der Waals surface area contributed by atoms with Gasteiger partial charge in [-0.1, -0.05) is 6.07 Å². The highest BCUT2D eigenvalue weighted by Crippen LogP contribution is 2.39. The highest BCUT2D eigenvalue weighted by Gasteiger charge is 2.31. The molecule has 34 heavy (non-hydrogen) atoms. The smallest absolute Gasteiger partial charge is 0.129 e. The van der Waals surface area contributed by atoms with E-state index in [4.69, 9.17) is 15.6 Å². The zero-order valence-electron chi connectivity index (χ0n) is 20.2. The van der Waals surface area contributed by atoms with Crippen molar-refractivity contribution in [1.29, 1.82) is 5.26 Å². The van der Waals surface area contributed by atoms with E-state index in [-0.39, 0.29) is 17.6 Å². The molecule has 0 bridgehead atoms. The molecule has 0 spiro atoms. The van der Waals surface area contributed by atoms with Crippen LogP contribution in [0.5, 0.6) is 5.75 Å². The summed E-state index contributed by atoms with van der Waals surface area (Å²) in [7, 11) is 0. The van der Waals surface area contributed by atoms with E-state index < -0.39 is 0 Å². The number of aromatic nitrogens is 2. The second-order valence-electron chi connectivity index (χ2n) is 10.6. The van der Waals surface area contributed by atoms with Gasteiger partial charge in [-0.2, -0.15) is 10.4 Å². The van der Waals surface area contributed by atoms with Crippen molar-refractivity contribution in [1.82, 2.24) is 9.78 Å². The minimum Gasteiger partial charge on any atom is -0.490 e. The van der Waals surface area contributed by atoms with E-state index in [2.05, 4.69) is 61.1 Å². The molecule has 5 rings (SSSR count). The van der Waals surface area contributed by atoms with Crippen LogP contribution in [0.25, 0.3) is 0 Å². The van der Waals surface area contributed by atoms with Crippen LogP contribution in [0.2, 0.25) is 0 Å². The molecule has 1 fully saturated rings. The van der Waals surface area contributed by atoms with Crippen LogP contribution in [0.15, 0.2) is 48.5 Å². The van der Waals surface area contributed by atoms with Crippen molar-refractivity contribution in [3.05, 3.63) is 65.4 Å². The molecule has 6 nitrogen and oxygen atoms in total. The zero-order chi connectivity index (χ0) is 23.9. The van der Waals surface area contributed by atoms with Crippen molar-refractivity contribution in [3.8, 4) is 11.8 Å². The number of nitrogen functional groups attached to an aromatic ring is 1. The summed E-state index contributed by atoms with van der Waals surface area (Å²) in [5, 5.41) is 18.1. The number of hydrogen-bond donors (Lipinski definition) is 2. The molecule has 176 valence electrons. The lowest BCUT2D eigenvalue weighted by Crippen LogP contribution is -2.24. The molecule has 0 amide bonds. The SMILES string of the molecule is CC(C)(C)n1nc(C2CCC(Oc3ccc(N)cc3)C2)cc1Nc1ccc2c(c1)C(C#N)CC2. The van der Waals surface area contributed by atoms with Gasteiger partial charge in [0.1, 0.15) is 11.6 Å². The molecule has 0 aliphatic heterocycles. The van der Waals surface area contributed by atoms with Crippen LogP contribution in [0.4, 0.5) is 17.2 Å². The number of benzene rings is 2. The third-order valence-electron chi connectivity index (χ3n) is 7.00. The van der Waals surface area contributed by atoms with Gasteiger partial charge in [0, 0.05) is 23.4 Å². The number of anilines is 3. The fourth-order valence-corrected chi connectivity index (χ4v) is 5.22. The van der Waals surface area contributed by atoms with E-state index >= 15 is 0 Å². The first-order valence-electron chi connectivity index (χ1n) is 12.2. The maximum absolute atomic E-state index is 9.50. The summed E-state index contributed by atoms with van der Waals surface area (Å²) >= 11 is 0. The number of hydrogen-bond acceptors (Lipinski definition) is 5. The van der Waals surface area contributed by atoms with Crippen LogP contribution in [0.3, 0.4) is 0 Å². The van der Waals surface area contributed by atoms with Crippen molar-refractivity contribution >= 4 is 17.2 Å². The molecule has 0 radical (unpaired) electrons. The quantitative estimate of drug-likeness (QED) is 0.445. The minimum absolute atomic E-state index is 0.00341. The molecule has 6 heteroatoms. The number of nitriles is 1. The topological polar surface area (TPSA) is 88.9 Å². The van der Waals surface area contributed by atoms with Gasteiger partial charge >= 0.3 is 0 Å². The fourth-order valence-electron chi connectivity index (χ4n) is 5.22. The Morgan fingerprint density at radius 2 is 1.88 bits per heavy atom. The Labute approximate surface area is 201 Å². The Morgan fingerprint density at radius 1 is 1.09 bits per heavy atom. The number of nitrogens with two attached hydrogens (primary N) is 1. The van der Waals surface area contributed by atoms with Crippen molar-refractivity contribution in [3.63, 3.8) is 0 Å². The van der Waals surface area contributed by atoms with Gasteiger partial charge in [0.2, 0.25) is 0 Å². The van der Waals surface area contributed by atoms with E-state index in [0.717, 1.165) is 66.3 Å². The van der Waals surface area contributed by atoms with E-state index in [9.17, 15) is 5.26 Å². The Morgan fingerprint density at radius 3 is 2.62 bits per heavy atom. The zero-order valence-corrected chi connectivity index (χ0v) is 20.2. The monoisotopic (exact) mass is 455 g/mol. The lowest BCUT2D eigenvalue weighted by molar-refractivity contribution is 0.208. The molecule has 2 aliphatic carbocycles. The third kappa shape index (κ3) is 4.48. The van der Waals surface area contributed by atoms with Gasteiger partial charge in [-0.15, -0.1) is 0 Å². The Hall–Kier alpha value is -3.46. The van der Waals surface area contributed by atoms with Crippen molar-refractivity contribution in [2.24, 2.45) is 0 Å². The van der Waals surface area contributed by atoms with Gasteiger partial charge in [-0.25, -0.2) is 4.68 Å². The standard InChI is InChI=1S/C28H33N5O/c1-28(2,3)33-27(31-22-10-6-18-4-5-20(17-29)25(18)15-22)16-26(32-33)19-7-11-24(14-19)34-23-12-8-21(30)9-13-23/h6,8-10,12-13,15-16,19-20,24,31H,4-5,7,11,14,30H2,1-3H3. The van der Waals surface area contributed by atoms with Gasteiger partial charge in [-0.3, -0.25) is 0 Å². The van der Waals surface area contributed by atoms with E-state index in [0.29, 0.717) is 5.92 Å². The lowest BCUT2D eigenvalue weighted by atomic mass is 10.0. The Kier molecular flexibility index (Phi) is 5.73. The first-order valence-corrected chi connectivity index (χ1v) is 12.2. The molecule has 2 aliphatic rings. The van der Waals surface area contributed by atoms with Gasteiger partial charge < -0.3 is 15.8 Å². The van der Waals surface area contributed by atoms with E-state index in [1.807, 2.05) is 24.3 Å². The molecule has 3 atom stereocenters. The van der Waals surface area contributed by atoms with Crippen LogP contribution < -0.4 is 15.8 Å². The number of rotatable bonds is 5. The highest BCUT2D eigenvalue weighted by atomic mass is 16.5. The largest absolute Gasteiger partial charge is 0.490 e. The average molecular weight is 456 g/mol. The summed E-state index contributed by atoms with van der Waals surface area (Å²) in [4.78, 5) is 0. The number of aryl methyl sites for hydroxylation is 1. The molecule has 3 unspecified atom stereocenters. The van der Waals surface area contributed by atoms with Gasteiger partial charge in [0.15, 0.2) is 0 Å². The predicted molar refractivity (Wildman–Crippen MR) is 135 cm³/mol. The molecule has 0 saturated heterocycles. The van der Waals surface area contributed by atoms with Crippen LogP contribution in [-0.2, 0) is 12.0 Å². The first-order chi connectivity index (χ1) is 16.3. The fraction of sp³-hybridized carbons (Fsp3) is 0.429. The predicted octanol–water partition coefficient (Wildman–Crippen LogP) is 6.23. The summed E-state index contributed by atoms with van der Waals surface area (Å²) in [6.45, 7) is 6.51. The Bertz CT molecular complexity index is 1220. The van der Waals surface area contributed by atoms with Crippen LogP contribution in [-0.4, -0.2) is 15.9 Å². The average Bonchev–Trinajstić information content (AvgIpc) is 3.53. The molecule has 1 aromatic heterocycles. The number of nitrogens with zero attached hydrogens (tertiary/aromatic N) is 3. The van der Waals surface area contributed by atoms with E-state index in [1.54, 1.807) is 0 Å². The third-order valence-corrected chi connectivity index (χ3v) is 7.00. The van der Waals surface area contributed by atoms with Crippen LogP contribution in [0.1, 0.15) is 75.1 Å². The highest BCUT2D eigenvalue weighted by molar-refractivity contribution is 5.61. The molecule has 3 aromatic rings. The summed E-state index contributed by atoms with van der Waals surface area (Å²) < 4.78 is 8.30. The summed E-state index contributed by atoms with van der Waals surface area (Å²) in [5.41, 5.74) is 10.9. The number of ether oxygens (including phenoxy) is 1.